The van der Waals surface area contributed by atoms with Crippen molar-refractivity contribution in [3.63, 3.8) is 0 Å². The highest BCUT2D eigenvalue weighted by Gasteiger charge is 2.10. The number of rotatable bonds is 7. The van der Waals surface area contributed by atoms with Gasteiger partial charge in [0, 0.05) is 12.1 Å². The van der Waals surface area contributed by atoms with Crippen LogP contribution in [-0.4, -0.2) is 26.7 Å². The van der Waals surface area contributed by atoms with E-state index in [-0.39, 0.29) is 5.91 Å². The van der Waals surface area contributed by atoms with Crippen LogP contribution >= 0.6 is 0 Å². The highest BCUT2D eigenvalue weighted by atomic mass is 16.5. The van der Waals surface area contributed by atoms with Gasteiger partial charge in [-0.2, -0.15) is 0 Å². The summed E-state index contributed by atoms with van der Waals surface area (Å²) in [7, 11) is 3.13. The van der Waals surface area contributed by atoms with Gasteiger partial charge in [0.15, 0.2) is 11.5 Å². The lowest BCUT2D eigenvalue weighted by Crippen LogP contribution is -2.24. The predicted molar refractivity (Wildman–Crippen MR) is 86.6 cm³/mol. The van der Waals surface area contributed by atoms with Crippen LogP contribution in [0.5, 0.6) is 11.5 Å². The molecule has 0 aromatic heterocycles. The maximum atomic E-state index is 12.1. The van der Waals surface area contributed by atoms with Gasteiger partial charge < -0.3 is 14.8 Å². The van der Waals surface area contributed by atoms with Gasteiger partial charge in [-0.25, -0.2) is 0 Å². The van der Waals surface area contributed by atoms with E-state index in [0.717, 1.165) is 12.8 Å². The zero-order chi connectivity index (χ0) is 15.8. The number of carbonyl (C=O) groups excluding carboxylic acids is 1. The minimum absolute atomic E-state index is 0.103. The Kier molecular flexibility index (Phi) is 5.83. The van der Waals surface area contributed by atoms with Crippen molar-refractivity contribution in [2.45, 2.75) is 12.8 Å². The first-order chi connectivity index (χ1) is 10.7. The normalized spacial score (nSPS) is 10.1. The van der Waals surface area contributed by atoms with Crippen molar-refractivity contribution in [2.75, 3.05) is 20.8 Å². The third-order valence-corrected chi connectivity index (χ3v) is 3.42. The summed E-state index contributed by atoms with van der Waals surface area (Å²) in [5.41, 5.74) is 1.85. The molecule has 0 atom stereocenters. The van der Waals surface area contributed by atoms with Gasteiger partial charge in [-0.1, -0.05) is 30.3 Å². The summed E-state index contributed by atoms with van der Waals surface area (Å²) in [6.45, 7) is 0.641. The third kappa shape index (κ3) is 4.25. The number of amides is 1. The summed E-state index contributed by atoms with van der Waals surface area (Å²) in [6.07, 6.45) is 1.86. The predicted octanol–water partition coefficient (Wildman–Crippen LogP) is 3.07. The van der Waals surface area contributed by atoms with E-state index >= 15 is 0 Å². The molecule has 0 saturated heterocycles. The zero-order valence-electron chi connectivity index (χ0n) is 13.0. The lowest BCUT2D eigenvalue weighted by atomic mass is 10.1. The Labute approximate surface area is 131 Å². The molecule has 1 N–H and O–H groups in total. The van der Waals surface area contributed by atoms with E-state index in [1.54, 1.807) is 32.4 Å². The molecule has 22 heavy (non-hydrogen) atoms. The zero-order valence-corrected chi connectivity index (χ0v) is 13.0. The molecule has 0 fully saturated rings. The van der Waals surface area contributed by atoms with Crippen LogP contribution in [0.4, 0.5) is 0 Å². The minimum Gasteiger partial charge on any atom is -0.493 e. The summed E-state index contributed by atoms with van der Waals surface area (Å²) in [5, 5.41) is 2.92. The number of carbonyl (C=O) groups is 1. The Hall–Kier alpha value is -2.49. The average Bonchev–Trinajstić information content (AvgIpc) is 2.58. The Morgan fingerprint density at radius 3 is 2.41 bits per heavy atom. The number of ether oxygens (including phenoxy) is 2. The van der Waals surface area contributed by atoms with Crippen molar-refractivity contribution in [1.82, 2.24) is 5.32 Å². The molecule has 0 bridgehead atoms. The quantitative estimate of drug-likeness (QED) is 0.799. The van der Waals surface area contributed by atoms with Crippen LogP contribution < -0.4 is 14.8 Å². The van der Waals surface area contributed by atoms with Gasteiger partial charge in [0.2, 0.25) is 0 Å². The van der Waals surface area contributed by atoms with E-state index in [4.69, 9.17) is 9.47 Å². The van der Waals surface area contributed by atoms with Crippen molar-refractivity contribution >= 4 is 5.91 Å². The standard InChI is InChI=1S/C18H21NO3/c1-21-16-11-10-15(13-17(16)22-2)18(20)19-12-6-9-14-7-4-3-5-8-14/h3-5,7-8,10-11,13H,6,9,12H2,1-2H3,(H,19,20). The smallest absolute Gasteiger partial charge is 0.251 e. The number of methoxy groups -OCH3 is 2. The summed E-state index contributed by atoms with van der Waals surface area (Å²) in [5.74, 6) is 1.07. The SMILES string of the molecule is COc1ccc(C(=O)NCCCc2ccccc2)cc1OC. The van der Waals surface area contributed by atoms with E-state index in [0.29, 0.717) is 23.6 Å². The summed E-state index contributed by atoms with van der Waals surface area (Å²) in [6, 6.07) is 15.4. The molecule has 0 unspecified atom stereocenters. The maximum Gasteiger partial charge on any atom is 0.251 e. The molecular formula is C18H21NO3. The first-order valence-electron chi connectivity index (χ1n) is 7.28. The molecule has 1 amide bonds. The van der Waals surface area contributed by atoms with E-state index in [1.807, 2.05) is 18.2 Å². The second-order valence-corrected chi connectivity index (χ2v) is 4.91. The van der Waals surface area contributed by atoms with Crippen LogP contribution in [0.25, 0.3) is 0 Å². The Morgan fingerprint density at radius 1 is 1.00 bits per heavy atom. The molecule has 0 saturated carbocycles. The molecule has 0 radical (unpaired) electrons. The fraction of sp³-hybridized carbons (Fsp3) is 0.278. The van der Waals surface area contributed by atoms with Gasteiger partial charge >= 0.3 is 0 Å². The van der Waals surface area contributed by atoms with E-state index in [1.165, 1.54) is 5.56 Å². The van der Waals surface area contributed by atoms with Gasteiger partial charge in [-0.3, -0.25) is 4.79 Å². The van der Waals surface area contributed by atoms with Crippen LogP contribution in [0.1, 0.15) is 22.3 Å². The molecule has 2 rings (SSSR count). The van der Waals surface area contributed by atoms with Crippen LogP contribution in [0, 0.1) is 0 Å². The fourth-order valence-corrected chi connectivity index (χ4v) is 2.22. The van der Waals surface area contributed by atoms with Crippen LogP contribution in [0.15, 0.2) is 48.5 Å². The van der Waals surface area contributed by atoms with Gasteiger partial charge in [0.25, 0.3) is 5.91 Å². The Bertz CT molecular complexity index is 611. The van der Waals surface area contributed by atoms with E-state index < -0.39 is 0 Å². The van der Waals surface area contributed by atoms with Crippen molar-refractivity contribution < 1.29 is 14.3 Å². The lowest BCUT2D eigenvalue weighted by Gasteiger charge is -2.10. The Balaban J connectivity index is 1.84. The number of benzene rings is 2. The van der Waals surface area contributed by atoms with E-state index in [9.17, 15) is 4.79 Å². The van der Waals surface area contributed by atoms with Crippen LogP contribution in [0.2, 0.25) is 0 Å². The summed E-state index contributed by atoms with van der Waals surface area (Å²) < 4.78 is 10.4. The van der Waals surface area contributed by atoms with Crippen molar-refractivity contribution in [2.24, 2.45) is 0 Å². The fourth-order valence-electron chi connectivity index (χ4n) is 2.22. The van der Waals surface area contributed by atoms with Crippen molar-refractivity contribution in [3.8, 4) is 11.5 Å². The maximum absolute atomic E-state index is 12.1. The number of hydrogen-bond acceptors (Lipinski definition) is 3. The van der Waals surface area contributed by atoms with Gasteiger partial charge in [-0.15, -0.1) is 0 Å². The minimum atomic E-state index is -0.103. The molecule has 4 heteroatoms. The van der Waals surface area contributed by atoms with E-state index in [2.05, 4.69) is 17.4 Å². The van der Waals surface area contributed by atoms with Crippen molar-refractivity contribution in [3.05, 3.63) is 59.7 Å². The largest absolute Gasteiger partial charge is 0.493 e. The van der Waals surface area contributed by atoms with Crippen LogP contribution in [0.3, 0.4) is 0 Å². The monoisotopic (exact) mass is 299 g/mol. The first kappa shape index (κ1) is 15.9. The number of hydrogen-bond donors (Lipinski definition) is 1. The van der Waals surface area contributed by atoms with Gasteiger partial charge in [0.05, 0.1) is 14.2 Å². The highest BCUT2D eigenvalue weighted by molar-refractivity contribution is 5.94. The summed E-state index contributed by atoms with van der Waals surface area (Å²) in [4.78, 5) is 12.1. The topological polar surface area (TPSA) is 47.6 Å². The molecule has 0 aliphatic heterocycles. The number of aryl methyl sites for hydroxylation is 1. The third-order valence-electron chi connectivity index (χ3n) is 3.42. The highest BCUT2D eigenvalue weighted by Crippen LogP contribution is 2.27. The van der Waals surface area contributed by atoms with Crippen LogP contribution in [-0.2, 0) is 6.42 Å². The second-order valence-electron chi connectivity index (χ2n) is 4.91. The molecule has 116 valence electrons. The molecule has 0 spiro atoms. The van der Waals surface area contributed by atoms with Gasteiger partial charge in [-0.05, 0) is 36.6 Å². The molecule has 2 aromatic carbocycles. The summed E-state index contributed by atoms with van der Waals surface area (Å²) >= 11 is 0. The second kappa shape index (κ2) is 8.08. The Morgan fingerprint density at radius 2 is 1.73 bits per heavy atom. The molecule has 0 aliphatic carbocycles. The average molecular weight is 299 g/mol. The lowest BCUT2D eigenvalue weighted by molar-refractivity contribution is 0.0953. The van der Waals surface area contributed by atoms with Crippen molar-refractivity contribution in [1.29, 1.82) is 0 Å². The molecule has 0 aliphatic rings. The molecule has 0 heterocycles. The molecular weight excluding hydrogens is 278 g/mol. The first-order valence-corrected chi connectivity index (χ1v) is 7.28. The molecule has 2 aromatic rings. The molecule has 4 nitrogen and oxygen atoms in total. The van der Waals surface area contributed by atoms with Gasteiger partial charge in [0.1, 0.15) is 0 Å². The number of nitrogens with one attached hydrogen (secondary N) is 1.